The van der Waals surface area contributed by atoms with Crippen molar-refractivity contribution in [3.05, 3.63) is 217 Å². The third kappa shape index (κ3) is 5.97. The van der Waals surface area contributed by atoms with Crippen molar-refractivity contribution in [1.82, 2.24) is 20.6 Å². The van der Waals surface area contributed by atoms with E-state index in [-0.39, 0.29) is 18.5 Å². The first kappa shape index (κ1) is 33.8. The average Bonchev–Trinajstić information content (AvgIpc) is 3.99. The zero-order chi connectivity index (χ0) is 38.4. The Bertz CT molecular complexity index is 2910. The normalized spacial score (nSPS) is 17.4. The highest BCUT2D eigenvalue weighted by molar-refractivity contribution is 6.21. The Labute approximate surface area is 336 Å². The number of pyridine rings is 1. The van der Waals surface area contributed by atoms with E-state index in [0.717, 1.165) is 61.8 Å². The number of H-pyrrole nitrogens is 1. The number of rotatable bonds is 7. The second-order valence-corrected chi connectivity index (χ2v) is 14.9. The van der Waals surface area contributed by atoms with Crippen LogP contribution in [0.2, 0.25) is 0 Å². The SMILES string of the molecule is c1ccc(-c2ccc(C3NC(c4ccc(-c5ccc(C6Nc7c(c8ccccc8c8ccncc78)N6c6ccc[nH]6)cc5)cc4)=NC(c4ccccc4)N3)cc2)cc1. The third-order valence-electron chi connectivity index (χ3n) is 11.5. The van der Waals surface area contributed by atoms with Crippen LogP contribution in [0.25, 0.3) is 43.8 Å². The van der Waals surface area contributed by atoms with Gasteiger partial charge in [0.25, 0.3) is 0 Å². The Morgan fingerprint density at radius 1 is 0.466 bits per heavy atom. The molecule has 2 aromatic heterocycles. The monoisotopic (exact) mass is 749 g/mol. The summed E-state index contributed by atoms with van der Waals surface area (Å²) in [5.74, 6) is 1.89. The lowest BCUT2D eigenvalue weighted by Crippen LogP contribution is -2.44. The summed E-state index contributed by atoms with van der Waals surface area (Å²) in [6, 6.07) is 62.3. The molecule has 0 radical (unpaired) electrons. The van der Waals surface area contributed by atoms with Crippen molar-refractivity contribution >= 4 is 44.6 Å². The summed E-state index contributed by atoms with van der Waals surface area (Å²) in [6.07, 6.45) is 5.40. The van der Waals surface area contributed by atoms with Crippen LogP contribution in [0.15, 0.2) is 200 Å². The minimum absolute atomic E-state index is 0.122. The van der Waals surface area contributed by atoms with Crippen LogP contribution >= 0.6 is 0 Å². The minimum atomic E-state index is -0.198. The van der Waals surface area contributed by atoms with Gasteiger partial charge in [-0.15, -0.1) is 0 Å². The van der Waals surface area contributed by atoms with E-state index in [4.69, 9.17) is 4.99 Å². The molecule has 4 heterocycles. The van der Waals surface area contributed by atoms with Gasteiger partial charge in [0.15, 0.2) is 0 Å². The van der Waals surface area contributed by atoms with E-state index in [0.29, 0.717) is 0 Å². The molecule has 2 aliphatic heterocycles. The second-order valence-electron chi connectivity index (χ2n) is 14.9. The highest BCUT2D eigenvalue weighted by Gasteiger charge is 2.35. The van der Waals surface area contributed by atoms with Crippen LogP contribution in [-0.2, 0) is 0 Å². The maximum Gasteiger partial charge on any atom is 0.131 e. The zero-order valence-corrected chi connectivity index (χ0v) is 31.5. The molecule has 4 N–H and O–H groups in total. The van der Waals surface area contributed by atoms with Crippen LogP contribution in [0, 0.1) is 0 Å². The van der Waals surface area contributed by atoms with Gasteiger partial charge in [-0.25, -0.2) is 4.99 Å². The van der Waals surface area contributed by atoms with Gasteiger partial charge in [-0.3, -0.25) is 10.3 Å². The van der Waals surface area contributed by atoms with Gasteiger partial charge < -0.3 is 20.5 Å². The highest BCUT2D eigenvalue weighted by Crippen LogP contribution is 2.52. The van der Waals surface area contributed by atoms with Gasteiger partial charge in [-0.1, -0.05) is 158 Å². The van der Waals surface area contributed by atoms with Crippen LogP contribution < -0.4 is 20.9 Å². The van der Waals surface area contributed by atoms with Crippen LogP contribution in [0.4, 0.5) is 17.2 Å². The fourth-order valence-electron chi connectivity index (χ4n) is 8.57. The molecule has 7 aromatic carbocycles. The molecule has 0 aliphatic carbocycles. The van der Waals surface area contributed by atoms with Crippen LogP contribution in [0.5, 0.6) is 0 Å². The predicted molar refractivity (Wildman–Crippen MR) is 237 cm³/mol. The van der Waals surface area contributed by atoms with Crippen molar-refractivity contribution in [3.63, 3.8) is 0 Å². The van der Waals surface area contributed by atoms with Crippen molar-refractivity contribution in [2.45, 2.75) is 18.5 Å². The Balaban J connectivity index is 0.887. The molecule has 0 bridgehead atoms. The fourth-order valence-corrected chi connectivity index (χ4v) is 8.57. The van der Waals surface area contributed by atoms with E-state index in [1.807, 2.05) is 30.7 Å². The lowest BCUT2D eigenvalue weighted by molar-refractivity contribution is 0.409. The van der Waals surface area contributed by atoms with Crippen molar-refractivity contribution in [2.24, 2.45) is 4.99 Å². The average molecular weight is 750 g/mol. The molecule has 278 valence electrons. The van der Waals surface area contributed by atoms with Gasteiger partial charge in [-0.05, 0) is 67.9 Å². The number of fused-ring (bicyclic) bond motifs is 6. The summed E-state index contributed by atoms with van der Waals surface area (Å²) in [6.45, 7) is 0. The van der Waals surface area contributed by atoms with Crippen molar-refractivity contribution in [3.8, 4) is 22.3 Å². The number of aromatic amines is 1. The summed E-state index contributed by atoms with van der Waals surface area (Å²) in [7, 11) is 0. The van der Waals surface area contributed by atoms with E-state index in [1.54, 1.807) is 0 Å². The molecule has 3 unspecified atom stereocenters. The lowest BCUT2D eigenvalue weighted by atomic mass is 9.99. The maximum atomic E-state index is 5.18. The largest absolute Gasteiger partial charge is 0.359 e. The first-order valence-corrected chi connectivity index (χ1v) is 19.7. The number of amidine groups is 1. The Hall–Kier alpha value is -7.48. The summed E-state index contributed by atoms with van der Waals surface area (Å²) in [5.41, 5.74) is 11.4. The molecule has 11 rings (SSSR count). The smallest absolute Gasteiger partial charge is 0.131 e. The number of hydrogen-bond acceptors (Lipinski definition) is 6. The molecule has 0 saturated heterocycles. The van der Waals surface area contributed by atoms with E-state index >= 15 is 0 Å². The van der Waals surface area contributed by atoms with Crippen molar-refractivity contribution in [1.29, 1.82) is 0 Å². The molecule has 9 aromatic rings. The minimum Gasteiger partial charge on any atom is -0.359 e. The second kappa shape index (κ2) is 14.2. The molecule has 7 nitrogen and oxygen atoms in total. The van der Waals surface area contributed by atoms with Crippen molar-refractivity contribution < 1.29 is 0 Å². The molecule has 3 atom stereocenters. The number of nitrogens with one attached hydrogen (secondary N) is 4. The molecule has 0 fully saturated rings. The molecular weight excluding hydrogens is 711 g/mol. The predicted octanol–water partition coefficient (Wildman–Crippen LogP) is 11.6. The van der Waals surface area contributed by atoms with E-state index in [9.17, 15) is 0 Å². The van der Waals surface area contributed by atoms with Crippen LogP contribution in [-0.4, -0.2) is 15.8 Å². The van der Waals surface area contributed by atoms with E-state index in [2.05, 4.69) is 195 Å². The molecule has 7 heteroatoms. The van der Waals surface area contributed by atoms with Gasteiger partial charge in [0.05, 0.1) is 11.4 Å². The Kier molecular flexibility index (Phi) is 8.30. The number of hydrogen-bond donors (Lipinski definition) is 4. The molecule has 0 spiro atoms. The summed E-state index contributed by atoms with van der Waals surface area (Å²) < 4.78 is 0. The topological polar surface area (TPSA) is 80.4 Å². The number of aliphatic imine (C=N–C) groups is 1. The summed E-state index contributed by atoms with van der Waals surface area (Å²) in [4.78, 5) is 15.6. The van der Waals surface area contributed by atoms with E-state index < -0.39 is 0 Å². The number of aromatic nitrogens is 2. The Morgan fingerprint density at radius 3 is 1.78 bits per heavy atom. The lowest BCUT2D eigenvalue weighted by Gasteiger charge is -2.32. The number of benzene rings is 7. The molecule has 0 amide bonds. The van der Waals surface area contributed by atoms with Gasteiger partial charge in [0, 0.05) is 34.9 Å². The summed E-state index contributed by atoms with van der Waals surface area (Å²) in [5, 5.41) is 16.1. The first-order valence-electron chi connectivity index (χ1n) is 19.7. The van der Waals surface area contributed by atoms with Crippen molar-refractivity contribution in [2.75, 3.05) is 10.2 Å². The fraction of sp³-hybridized carbons (Fsp3) is 0.0588. The third-order valence-corrected chi connectivity index (χ3v) is 11.5. The molecule has 0 saturated carbocycles. The molecular formula is C51H39N7. The van der Waals surface area contributed by atoms with Gasteiger partial charge in [0.2, 0.25) is 0 Å². The first-order chi connectivity index (χ1) is 28.7. The van der Waals surface area contributed by atoms with Gasteiger partial charge >= 0.3 is 0 Å². The quantitative estimate of drug-likeness (QED) is 0.122. The Morgan fingerprint density at radius 2 is 1.07 bits per heavy atom. The van der Waals surface area contributed by atoms with Gasteiger partial charge in [-0.2, -0.15) is 0 Å². The van der Waals surface area contributed by atoms with E-state index in [1.165, 1.54) is 27.3 Å². The standard InChI is InChI=1S/C51H39N7/c1-3-10-33(11-4-1)34-17-23-38(24-18-34)49-55-48(37-12-5-2-6-13-37)56-50(57-49)39-25-19-35(20-26-39)36-21-27-40(28-22-36)51-54-46-44-32-52-31-29-42(44)41-14-7-8-15-43(41)47(46)58(51)45-16-9-30-53-45/h1-32,48-49,51,53-55H,(H,56,57). The maximum absolute atomic E-state index is 5.18. The van der Waals surface area contributed by atoms with Crippen LogP contribution in [0.3, 0.4) is 0 Å². The highest BCUT2D eigenvalue weighted by atomic mass is 15.4. The molecule has 58 heavy (non-hydrogen) atoms. The molecule has 2 aliphatic rings. The zero-order valence-electron chi connectivity index (χ0n) is 31.5. The number of nitrogens with zero attached hydrogens (tertiary/aromatic N) is 3. The van der Waals surface area contributed by atoms with Gasteiger partial charge in [0.1, 0.15) is 30.2 Å². The van der Waals surface area contributed by atoms with Crippen LogP contribution in [0.1, 0.15) is 40.8 Å². The summed E-state index contributed by atoms with van der Waals surface area (Å²) >= 11 is 0. The number of anilines is 3.